The molecule has 0 aliphatic carbocycles. The molecule has 0 heterocycles. The van der Waals surface area contributed by atoms with Crippen molar-refractivity contribution in [1.29, 1.82) is 0 Å². The first kappa shape index (κ1) is 11.1. The zero-order valence-corrected chi connectivity index (χ0v) is 7.89. The summed E-state index contributed by atoms with van der Waals surface area (Å²) in [6.07, 6.45) is 0. The normalized spacial score (nSPS) is 9.67. The molecule has 0 aliphatic heterocycles. The minimum Gasteiger partial charge on any atom is -0.475 e. The van der Waals surface area contributed by atoms with E-state index < -0.39 is 22.4 Å². The number of carbonyl (C=O) groups excluding carboxylic acids is 1. The number of nitro groups is 1. The maximum Gasteiger partial charge on any atom is 0.377 e. The van der Waals surface area contributed by atoms with Crippen LogP contribution in [0, 0.1) is 10.1 Å². The molecule has 0 aromatic heterocycles. The van der Waals surface area contributed by atoms with Gasteiger partial charge in [0.25, 0.3) is 11.5 Å². The van der Waals surface area contributed by atoms with Crippen LogP contribution < -0.4 is 0 Å². The summed E-state index contributed by atoms with van der Waals surface area (Å²) in [5.41, 5.74) is -0.776. The number of ketones is 1. The van der Waals surface area contributed by atoms with E-state index in [0.717, 1.165) is 18.2 Å². The summed E-state index contributed by atoms with van der Waals surface area (Å²) in [5.74, 6) is -2.89. The number of hydrogen-bond acceptors (Lipinski definition) is 4. The third-order valence-corrected chi connectivity index (χ3v) is 1.92. The van der Waals surface area contributed by atoms with Crippen molar-refractivity contribution in [2.75, 3.05) is 0 Å². The van der Waals surface area contributed by atoms with E-state index in [-0.39, 0.29) is 10.6 Å². The highest BCUT2D eigenvalue weighted by molar-refractivity contribution is 6.40. The molecule has 0 saturated heterocycles. The van der Waals surface area contributed by atoms with Gasteiger partial charge in [0.2, 0.25) is 0 Å². The van der Waals surface area contributed by atoms with Gasteiger partial charge in [-0.1, -0.05) is 11.6 Å². The lowest BCUT2D eigenvalue weighted by molar-refractivity contribution is -0.384. The van der Waals surface area contributed by atoms with Gasteiger partial charge in [0.15, 0.2) is 0 Å². The van der Waals surface area contributed by atoms with Crippen LogP contribution in [0.1, 0.15) is 10.4 Å². The van der Waals surface area contributed by atoms with Gasteiger partial charge >= 0.3 is 5.97 Å². The van der Waals surface area contributed by atoms with Crippen LogP contribution in [-0.4, -0.2) is 21.8 Å². The first-order chi connectivity index (χ1) is 6.93. The van der Waals surface area contributed by atoms with Gasteiger partial charge in [-0.05, 0) is 12.1 Å². The summed E-state index contributed by atoms with van der Waals surface area (Å²) in [6, 6.07) is 3.06. The average Bonchev–Trinajstić information content (AvgIpc) is 2.16. The van der Waals surface area contributed by atoms with Gasteiger partial charge in [0.1, 0.15) is 5.02 Å². The Hall–Kier alpha value is -1.95. The van der Waals surface area contributed by atoms with Crippen molar-refractivity contribution in [1.82, 2.24) is 0 Å². The molecule has 0 aliphatic rings. The Kier molecular flexibility index (Phi) is 3.01. The number of Topliss-reactive ketones (excluding diaryl/α,β-unsaturated/α-hetero) is 1. The van der Waals surface area contributed by atoms with Crippen molar-refractivity contribution in [2.24, 2.45) is 0 Å². The second-order valence-electron chi connectivity index (χ2n) is 2.56. The Bertz CT molecular complexity index is 456. The van der Waals surface area contributed by atoms with E-state index in [1.807, 2.05) is 0 Å². The number of aliphatic carboxylic acids is 1. The highest BCUT2D eigenvalue weighted by Crippen LogP contribution is 2.25. The standard InChI is InChI=1S/C8H4ClNO5/c9-5-2-1-4(7(11)8(12)13)3-6(5)10(14)15/h1-3H,(H,12,13). The molecule has 1 aromatic carbocycles. The smallest absolute Gasteiger partial charge is 0.377 e. The molecule has 0 saturated carbocycles. The molecule has 0 fully saturated rings. The van der Waals surface area contributed by atoms with Crippen molar-refractivity contribution in [3.63, 3.8) is 0 Å². The first-order valence-corrected chi connectivity index (χ1v) is 4.03. The number of rotatable bonds is 3. The van der Waals surface area contributed by atoms with Crippen LogP contribution in [0.5, 0.6) is 0 Å². The maximum atomic E-state index is 11.0. The van der Waals surface area contributed by atoms with Gasteiger partial charge < -0.3 is 5.11 Å². The number of carbonyl (C=O) groups is 2. The number of nitrogens with zero attached hydrogens (tertiary/aromatic N) is 1. The first-order valence-electron chi connectivity index (χ1n) is 3.65. The van der Waals surface area contributed by atoms with Crippen molar-refractivity contribution in [2.45, 2.75) is 0 Å². The topological polar surface area (TPSA) is 97.5 Å². The van der Waals surface area contributed by atoms with E-state index in [1.54, 1.807) is 0 Å². The molecule has 0 amide bonds. The number of halogens is 1. The molecule has 0 bridgehead atoms. The van der Waals surface area contributed by atoms with Gasteiger partial charge in [-0.15, -0.1) is 0 Å². The van der Waals surface area contributed by atoms with Crippen LogP contribution >= 0.6 is 11.6 Å². The Balaban J connectivity index is 3.25. The molecule has 6 nitrogen and oxygen atoms in total. The summed E-state index contributed by atoms with van der Waals surface area (Å²) in [7, 11) is 0. The van der Waals surface area contributed by atoms with Gasteiger partial charge in [-0.2, -0.15) is 0 Å². The predicted octanol–water partition coefficient (Wildman–Crippen LogP) is 1.52. The number of hydrogen-bond donors (Lipinski definition) is 1. The number of benzene rings is 1. The summed E-state index contributed by atoms with van der Waals surface area (Å²) in [5, 5.41) is 18.7. The molecule has 1 N–H and O–H groups in total. The molecular formula is C8H4ClNO5. The highest BCUT2D eigenvalue weighted by atomic mass is 35.5. The molecule has 1 aromatic rings. The number of carboxylic acid groups (broad SMARTS) is 1. The quantitative estimate of drug-likeness (QED) is 0.367. The summed E-state index contributed by atoms with van der Waals surface area (Å²) in [4.78, 5) is 30.9. The maximum absolute atomic E-state index is 11.0. The van der Waals surface area contributed by atoms with Crippen LogP contribution in [-0.2, 0) is 4.79 Å². The molecule has 0 atom stereocenters. The van der Waals surface area contributed by atoms with Gasteiger partial charge in [0, 0.05) is 11.6 Å². The lowest BCUT2D eigenvalue weighted by Gasteiger charge is -1.98. The second kappa shape index (κ2) is 4.05. The third-order valence-electron chi connectivity index (χ3n) is 1.60. The molecule has 15 heavy (non-hydrogen) atoms. The van der Waals surface area contributed by atoms with Gasteiger partial charge in [-0.3, -0.25) is 14.9 Å². The predicted molar refractivity (Wildman–Crippen MR) is 50.1 cm³/mol. The molecule has 7 heteroatoms. The SMILES string of the molecule is O=C(O)C(=O)c1ccc(Cl)c([N+](=O)[O-])c1. The van der Waals surface area contributed by atoms with Crippen molar-refractivity contribution >= 4 is 29.0 Å². The van der Waals surface area contributed by atoms with Crippen LogP contribution in [0.25, 0.3) is 0 Å². The third kappa shape index (κ3) is 2.29. The van der Waals surface area contributed by atoms with Crippen LogP contribution in [0.4, 0.5) is 5.69 Å². The number of carboxylic acids is 1. The van der Waals surface area contributed by atoms with Crippen molar-refractivity contribution in [3.8, 4) is 0 Å². The number of nitro benzene ring substituents is 1. The van der Waals surface area contributed by atoms with Crippen molar-refractivity contribution in [3.05, 3.63) is 38.9 Å². The Morgan fingerprint density at radius 2 is 2.00 bits per heavy atom. The zero-order valence-electron chi connectivity index (χ0n) is 7.14. The fourth-order valence-electron chi connectivity index (χ4n) is 0.917. The summed E-state index contributed by atoms with van der Waals surface area (Å²) < 4.78 is 0. The highest BCUT2D eigenvalue weighted by Gasteiger charge is 2.20. The van der Waals surface area contributed by atoms with Crippen LogP contribution in [0.3, 0.4) is 0 Å². The zero-order chi connectivity index (χ0) is 11.6. The van der Waals surface area contributed by atoms with E-state index in [0.29, 0.717) is 0 Å². The molecule has 0 unspecified atom stereocenters. The van der Waals surface area contributed by atoms with Gasteiger partial charge in [-0.25, -0.2) is 4.79 Å². The molecular weight excluding hydrogens is 226 g/mol. The van der Waals surface area contributed by atoms with Crippen molar-refractivity contribution < 1.29 is 19.6 Å². The molecule has 1 rings (SSSR count). The lowest BCUT2D eigenvalue weighted by Crippen LogP contribution is -2.12. The average molecular weight is 230 g/mol. The van der Waals surface area contributed by atoms with Gasteiger partial charge in [0.05, 0.1) is 4.92 Å². The monoisotopic (exact) mass is 229 g/mol. The largest absolute Gasteiger partial charge is 0.475 e. The second-order valence-corrected chi connectivity index (χ2v) is 2.96. The summed E-state index contributed by atoms with van der Waals surface area (Å²) in [6.45, 7) is 0. The Morgan fingerprint density at radius 1 is 1.40 bits per heavy atom. The minimum absolute atomic E-state index is 0.151. The van der Waals surface area contributed by atoms with E-state index in [9.17, 15) is 19.7 Å². The van der Waals surface area contributed by atoms with E-state index in [1.165, 1.54) is 0 Å². The fraction of sp³-hybridized carbons (Fsp3) is 0. The molecule has 78 valence electrons. The van der Waals surface area contributed by atoms with Crippen LogP contribution in [0.2, 0.25) is 5.02 Å². The summed E-state index contributed by atoms with van der Waals surface area (Å²) >= 11 is 5.48. The van der Waals surface area contributed by atoms with E-state index in [4.69, 9.17) is 16.7 Å². The Labute approximate surface area is 88.2 Å². The van der Waals surface area contributed by atoms with E-state index >= 15 is 0 Å². The molecule has 0 spiro atoms. The molecule has 0 radical (unpaired) electrons. The fourth-order valence-corrected chi connectivity index (χ4v) is 1.10. The van der Waals surface area contributed by atoms with Crippen LogP contribution in [0.15, 0.2) is 18.2 Å². The lowest BCUT2D eigenvalue weighted by atomic mass is 10.1. The Morgan fingerprint density at radius 3 is 2.47 bits per heavy atom. The van der Waals surface area contributed by atoms with E-state index in [2.05, 4.69) is 0 Å². The minimum atomic E-state index is -1.67.